The highest BCUT2D eigenvalue weighted by molar-refractivity contribution is 8.00. The maximum absolute atomic E-state index is 12.6. The third-order valence-electron chi connectivity index (χ3n) is 3.74. The Morgan fingerprint density at radius 3 is 2.17 bits per heavy atom. The van der Waals surface area contributed by atoms with Gasteiger partial charge in [0.15, 0.2) is 0 Å². The van der Waals surface area contributed by atoms with Crippen molar-refractivity contribution in [2.24, 2.45) is 0 Å². The Balaban J connectivity index is 2.10. The lowest BCUT2D eigenvalue weighted by molar-refractivity contribution is -0.115. The van der Waals surface area contributed by atoms with Gasteiger partial charge in [-0.05, 0) is 55.2 Å². The van der Waals surface area contributed by atoms with E-state index in [2.05, 4.69) is 37.4 Å². The summed E-state index contributed by atoms with van der Waals surface area (Å²) in [7, 11) is 0. The van der Waals surface area contributed by atoms with Crippen LogP contribution >= 0.6 is 23.4 Å². The zero-order valence-corrected chi connectivity index (χ0v) is 15.3. The van der Waals surface area contributed by atoms with Gasteiger partial charge in [0.05, 0.1) is 5.25 Å². The first kappa shape index (κ1) is 17.9. The molecular weight excluding hydrogens is 326 g/mol. The largest absolute Gasteiger partial charge is 0.325 e. The monoisotopic (exact) mass is 347 g/mol. The summed E-state index contributed by atoms with van der Waals surface area (Å²) >= 11 is 7.43. The number of benzene rings is 2. The van der Waals surface area contributed by atoms with E-state index in [4.69, 9.17) is 11.6 Å². The number of rotatable bonds is 6. The molecule has 0 aliphatic carbocycles. The molecule has 0 spiro atoms. The fourth-order valence-electron chi connectivity index (χ4n) is 2.40. The minimum atomic E-state index is -0.175. The van der Waals surface area contributed by atoms with Gasteiger partial charge in [0, 0.05) is 15.6 Å². The molecule has 0 aliphatic rings. The van der Waals surface area contributed by atoms with Crippen molar-refractivity contribution in [3.8, 4) is 0 Å². The van der Waals surface area contributed by atoms with Crippen molar-refractivity contribution in [2.45, 2.75) is 43.8 Å². The van der Waals surface area contributed by atoms with E-state index in [1.807, 2.05) is 31.2 Å². The number of carbonyl (C=O) groups is 1. The van der Waals surface area contributed by atoms with Crippen molar-refractivity contribution in [1.29, 1.82) is 0 Å². The van der Waals surface area contributed by atoms with E-state index in [1.54, 1.807) is 0 Å². The second-order valence-electron chi connectivity index (χ2n) is 5.36. The van der Waals surface area contributed by atoms with E-state index < -0.39 is 0 Å². The maximum atomic E-state index is 12.6. The van der Waals surface area contributed by atoms with Crippen molar-refractivity contribution >= 4 is 35.0 Å². The molecule has 0 aliphatic heterocycles. The van der Waals surface area contributed by atoms with Crippen LogP contribution in [0.3, 0.4) is 0 Å². The summed E-state index contributed by atoms with van der Waals surface area (Å²) in [6.45, 7) is 6.14. The number of hydrogen-bond donors (Lipinski definition) is 1. The van der Waals surface area contributed by atoms with E-state index in [0.29, 0.717) is 5.02 Å². The third-order valence-corrected chi connectivity index (χ3v) is 5.11. The zero-order valence-electron chi connectivity index (χ0n) is 13.7. The second kappa shape index (κ2) is 8.42. The van der Waals surface area contributed by atoms with Crippen LogP contribution in [0.1, 0.15) is 31.9 Å². The number of hydrogen-bond acceptors (Lipinski definition) is 2. The molecular formula is C19H22ClNOS. The van der Waals surface area contributed by atoms with Gasteiger partial charge in [0.1, 0.15) is 0 Å². The normalized spacial score (nSPS) is 12.0. The first-order valence-electron chi connectivity index (χ1n) is 7.89. The smallest absolute Gasteiger partial charge is 0.237 e. The summed E-state index contributed by atoms with van der Waals surface area (Å²) in [5.74, 6) is 0.0283. The molecule has 0 saturated carbocycles. The molecule has 4 heteroatoms. The van der Waals surface area contributed by atoms with Crippen LogP contribution in [0.5, 0.6) is 0 Å². The van der Waals surface area contributed by atoms with Gasteiger partial charge >= 0.3 is 0 Å². The lowest BCUT2D eigenvalue weighted by Gasteiger charge is -2.17. The molecule has 2 aromatic carbocycles. The first-order valence-corrected chi connectivity index (χ1v) is 9.14. The van der Waals surface area contributed by atoms with Crippen LogP contribution in [0.15, 0.2) is 47.4 Å². The van der Waals surface area contributed by atoms with Crippen LogP contribution in [0.4, 0.5) is 5.69 Å². The van der Waals surface area contributed by atoms with Crippen molar-refractivity contribution in [2.75, 3.05) is 5.32 Å². The number of anilines is 1. The van der Waals surface area contributed by atoms with Crippen LogP contribution in [0.2, 0.25) is 5.02 Å². The molecule has 0 bridgehead atoms. The number of para-hydroxylation sites is 1. The van der Waals surface area contributed by atoms with E-state index in [0.717, 1.165) is 23.4 Å². The van der Waals surface area contributed by atoms with Gasteiger partial charge in [0.25, 0.3) is 0 Å². The summed E-state index contributed by atoms with van der Waals surface area (Å²) < 4.78 is 0. The molecule has 23 heavy (non-hydrogen) atoms. The number of amides is 1. The molecule has 0 radical (unpaired) electrons. The maximum Gasteiger partial charge on any atom is 0.237 e. The summed E-state index contributed by atoms with van der Waals surface area (Å²) in [6.07, 6.45) is 1.81. The van der Waals surface area contributed by atoms with Crippen LogP contribution in [-0.2, 0) is 17.6 Å². The van der Waals surface area contributed by atoms with Gasteiger partial charge < -0.3 is 5.32 Å². The topological polar surface area (TPSA) is 29.1 Å². The number of carbonyl (C=O) groups excluding carboxylic acids is 1. The molecule has 0 heterocycles. The number of aryl methyl sites for hydroxylation is 2. The molecule has 1 N–H and O–H groups in total. The fourth-order valence-corrected chi connectivity index (χ4v) is 3.39. The van der Waals surface area contributed by atoms with E-state index in [1.165, 1.54) is 22.9 Å². The van der Waals surface area contributed by atoms with Gasteiger partial charge in [-0.15, -0.1) is 11.8 Å². The molecule has 0 saturated heterocycles. The summed E-state index contributed by atoms with van der Waals surface area (Å²) in [5, 5.41) is 3.66. The fraction of sp³-hybridized carbons (Fsp3) is 0.316. The summed E-state index contributed by atoms with van der Waals surface area (Å²) in [6, 6.07) is 13.8. The number of halogens is 1. The summed E-state index contributed by atoms with van der Waals surface area (Å²) in [5.41, 5.74) is 3.34. The highest BCUT2D eigenvalue weighted by Gasteiger charge is 2.17. The second-order valence-corrected chi connectivity index (χ2v) is 7.21. The number of thioether (sulfide) groups is 1. The zero-order chi connectivity index (χ0) is 16.8. The van der Waals surface area contributed by atoms with Crippen molar-refractivity contribution in [1.82, 2.24) is 0 Å². The molecule has 0 aromatic heterocycles. The lowest BCUT2D eigenvalue weighted by Crippen LogP contribution is -2.23. The van der Waals surface area contributed by atoms with Gasteiger partial charge in [0.2, 0.25) is 5.91 Å². The Morgan fingerprint density at radius 1 is 1.09 bits per heavy atom. The molecule has 2 nitrogen and oxygen atoms in total. The first-order chi connectivity index (χ1) is 11.0. The van der Waals surface area contributed by atoms with Crippen molar-refractivity contribution < 1.29 is 4.79 Å². The van der Waals surface area contributed by atoms with Gasteiger partial charge in [-0.2, -0.15) is 0 Å². The number of nitrogens with one attached hydrogen (secondary N) is 1. The molecule has 0 unspecified atom stereocenters. The molecule has 122 valence electrons. The lowest BCUT2D eigenvalue weighted by atomic mass is 10.0. The Kier molecular flexibility index (Phi) is 6.55. The van der Waals surface area contributed by atoms with Crippen LogP contribution in [0.25, 0.3) is 0 Å². The van der Waals surface area contributed by atoms with Crippen LogP contribution in [0, 0.1) is 0 Å². The molecule has 1 amide bonds. The predicted molar refractivity (Wildman–Crippen MR) is 101 cm³/mol. The Hall–Kier alpha value is -1.45. The summed E-state index contributed by atoms with van der Waals surface area (Å²) in [4.78, 5) is 13.6. The van der Waals surface area contributed by atoms with Crippen LogP contribution < -0.4 is 5.32 Å². The Labute approximate surface area is 147 Å². The minimum Gasteiger partial charge on any atom is -0.325 e. The van der Waals surface area contributed by atoms with Crippen LogP contribution in [-0.4, -0.2) is 11.2 Å². The highest BCUT2D eigenvalue weighted by Crippen LogP contribution is 2.27. The average molecular weight is 348 g/mol. The molecule has 1 atom stereocenters. The molecule has 2 rings (SSSR count). The predicted octanol–water partition coefficient (Wildman–Crippen LogP) is 5.58. The van der Waals surface area contributed by atoms with Crippen molar-refractivity contribution in [3.05, 3.63) is 58.6 Å². The Bertz CT molecular complexity index is 647. The van der Waals surface area contributed by atoms with Crippen molar-refractivity contribution in [3.63, 3.8) is 0 Å². The standard InChI is InChI=1S/C19H22ClNOS/c1-4-14-7-6-8-15(5-2)18(14)21-19(22)13(3)23-17-11-9-16(20)10-12-17/h6-13H,4-5H2,1-3H3,(H,21,22)/t13-/m1/s1. The van der Waals surface area contributed by atoms with E-state index >= 15 is 0 Å². The quantitative estimate of drug-likeness (QED) is 0.690. The highest BCUT2D eigenvalue weighted by atomic mass is 35.5. The Morgan fingerprint density at radius 2 is 1.65 bits per heavy atom. The molecule has 0 fully saturated rings. The minimum absolute atomic E-state index is 0.0283. The van der Waals surface area contributed by atoms with E-state index in [9.17, 15) is 4.79 Å². The van der Waals surface area contributed by atoms with Gasteiger partial charge in [-0.25, -0.2) is 0 Å². The van der Waals surface area contributed by atoms with Gasteiger partial charge in [-0.3, -0.25) is 4.79 Å². The van der Waals surface area contributed by atoms with Gasteiger partial charge in [-0.1, -0.05) is 43.6 Å². The molecule has 2 aromatic rings. The average Bonchev–Trinajstić information content (AvgIpc) is 2.56. The SMILES string of the molecule is CCc1cccc(CC)c1NC(=O)[C@@H](C)Sc1ccc(Cl)cc1. The third kappa shape index (κ3) is 4.76. The van der Waals surface area contributed by atoms with E-state index in [-0.39, 0.29) is 11.2 Å².